The number of hydrogen-bond acceptors (Lipinski definition) is 4. The molecule has 0 radical (unpaired) electrons. The van der Waals surface area contributed by atoms with Gasteiger partial charge >= 0.3 is 0 Å². The van der Waals surface area contributed by atoms with E-state index in [-0.39, 0.29) is 35.2 Å². The van der Waals surface area contributed by atoms with Crippen molar-refractivity contribution in [3.05, 3.63) is 33.7 Å². The summed E-state index contributed by atoms with van der Waals surface area (Å²) in [6.07, 6.45) is 3.57. The largest absolute Gasteiger partial charge is 0.409 e. The van der Waals surface area contributed by atoms with E-state index in [9.17, 15) is 9.59 Å². The maximum atomic E-state index is 12.4. The molecule has 1 aliphatic rings. The minimum Gasteiger partial charge on any atom is -0.409 e. The second-order valence-electron chi connectivity index (χ2n) is 4.97. The Bertz CT molecular complexity index is 590. The van der Waals surface area contributed by atoms with Crippen molar-refractivity contribution in [3.8, 4) is 0 Å². The number of carbonyl (C=O) groups is 1. The Morgan fingerprint density at radius 2 is 2.30 bits per heavy atom. The molecule has 0 aliphatic heterocycles. The van der Waals surface area contributed by atoms with Crippen molar-refractivity contribution in [2.24, 2.45) is 10.9 Å². The minimum atomic E-state index is -0.306. The van der Waals surface area contributed by atoms with Gasteiger partial charge in [0.2, 0.25) is 0 Å². The number of H-pyrrole nitrogens is 1. The van der Waals surface area contributed by atoms with Crippen molar-refractivity contribution in [1.82, 2.24) is 9.88 Å². The summed E-state index contributed by atoms with van der Waals surface area (Å²) in [5, 5.41) is 11.4. The molecule has 1 saturated carbocycles. The van der Waals surface area contributed by atoms with Crippen LogP contribution in [-0.4, -0.2) is 39.4 Å². The van der Waals surface area contributed by atoms with Gasteiger partial charge in [-0.3, -0.25) is 9.59 Å². The van der Waals surface area contributed by atoms with Crippen LogP contribution in [0.25, 0.3) is 0 Å². The Morgan fingerprint density at radius 1 is 1.60 bits per heavy atom. The lowest BCUT2D eigenvalue weighted by Gasteiger charge is -2.21. The van der Waals surface area contributed by atoms with Crippen molar-refractivity contribution >= 4 is 11.7 Å². The highest BCUT2D eigenvalue weighted by Crippen LogP contribution is 2.27. The number of aryl methyl sites for hydroxylation is 1. The number of amides is 1. The number of nitrogens with one attached hydrogen (secondary N) is 1. The van der Waals surface area contributed by atoms with Gasteiger partial charge in [0.05, 0.1) is 0 Å². The van der Waals surface area contributed by atoms with Crippen LogP contribution < -0.4 is 11.2 Å². The quantitative estimate of drug-likeness (QED) is 0.314. The summed E-state index contributed by atoms with van der Waals surface area (Å²) >= 11 is 0. The number of hydrogen-bond donors (Lipinski definition) is 3. The van der Waals surface area contributed by atoms with Crippen LogP contribution >= 0.6 is 0 Å². The molecule has 4 N–H and O–H groups in total. The van der Waals surface area contributed by atoms with Crippen molar-refractivity contribution in [2.45, 2.75) is 32.2 Å². The highest BCUT2D eigenvalue weighted by atomic mass is 16.4. The Morgan fingerprint density at radius 3 is 2.85 bits per heavy atom. The van der Waals surface area contributed by atoms with Crippen molar-refractivity contribution in [3.63, 3.8) is 0 Å². The number of nitrogens with two attached hydrogens (primary N) is 1. The predicted molar refractivity (Wildman–Crippen MR) is 73.9 cm³/mol. The van der Waals surface area contributed by atoms with Crippen molar-refractivity contribution < 1.29 is 10.0 Å². The molecule has 20 heavy (non-hydrogen) atoms. The van der Waals surface area contributed by atoms with Gasteiger partial charge in [0, 0.05) is 37.0 Å². The van der Waals surface area contributed by atoms with Crippen LogP contribution in [0.5, 0.6) is 0 Å². The highest BCUT2D eigenvalue weighted by molar-refractivity contribution is 5.94. The fourth-order valence-electron chi connectivity index (χ4n) is 2.02. The summed E-state index contributed by atoms with van der Waals surface area (Å²) < 4.78 is 0. The molecule has 0 aromatic carbocycles. The third-order valence-corrected chi connectivity index (χ3v) is 3.27. The molecule has 2 rings (SSSR count). The van der Waals surface area contributed by atoms with Gasteiger partial charge in [-0.15, -0.1) is 0 Å². The molecule has 1 heterocycles. The van der Waals surface area contributed by atoms with E-state index < -0.39 is 0 Å². The smallest absolute Gasteiger partial charge is 0.259 e. The number of oxime groups is 1. The molecule has 0 saturated heterocycles. The second kappa shape index (κ2) is 5.77. The molecule has 0 atom stereocenters. The average molecular weight is 278 g/mol. The molecule has 0 unspecified atom stereocenters. The molecule has 7 heteroatoms. The van der Waals surface area contributed by atoms with Crippen LogP contribution in [0, 0.1) is 6.92 Å². The van der Waals surface area contributed by atoms with Crippen LogP contribution in [-0.2, 0) is 0 Å². The second-order valence-corrected chi connectivity index (χ2v) is 4.97. The molecular formula is C13H18N4O3. The van der Waals surface area contributed by atoms with Gasteiger partial charge in [-0.25, -0.2) is 0 Å². The average Bonchev–Trinajstić information content (AvgIpc) is 3.23. The van der Waals surface area contributed by atoms with Gasteiger partial charge in [-0.2, -0.15) is 0 Å². The maximum Gasteiger partial charge on any atom is 0.259 e. The number of amidine groups is 1. The third-order valence-electron chi connectivity index (χ3n) is 3.27. The van der Waals surface area contributed by atoms with Gasteiger partial charge in [0.25, 0.3) is 5.91 Å². The SMILES string of the molecule is Cc1cc(=O)c(C(=O)N(CCC(N)=NO)C2CC2)c[nH]1. The summed E-state index contributed by atoms with van der Waals surface area (Å²) in [4.78, 5) is 28.8. The maximum absolute atomic E-state index is 12.4. The molecule has 1 fully saturated rings. The zero-order valence-electron chi connectivity index (χ0n) is 11.3. The van der Waals surface area contributed by atoms with Gasteiger partial charge in [-0.1, -0.05) is 5.16 Å². The van der Waals surface area contributed by atoms with E-state index in [1.54, 1.807) is 11.8 Å². The summed E-state index contributed by atoms with van der Waals surface area (Å²) in [6.45, 7) is 2.10. The van der Waals surface area contributed by atoms with Crippen LogP contribution in [0.4, 0.5) is 0 Å². The lowest BCUT2D eigenvalue weighted by Crippen LogP contribution is -2.38. The van der Waals surface area contributed by atoms with E-state index in [0.717, 1.165) is 12.8 Å². The number of rotatable bonds is 5. The summed E-state index contributed by atoms with van der Waals surface area (Å²) in [6, 6.07) is 1.55. The first-order chi connectivity index (χ1) is 9.52. The molecule has 0 spiro atoms. The fourth-order valence-corrected chi connectivity index (χ4v) is 2.02. The first kappa shape index (κ1) is 14.1. The first-order valence-corrected chi connectivity index (χ1v) is 6.49. The monoisotopic (exact) mass is 278 g/mol. The molecular weight excluding hydrogens is 260 g/mol. The zero-order chi connectivity index (χ0) is 14.7. The fraction of sp³-hybridized carbons (Fsp3) is 0.462. The Kier molecular flexibility index (Phi) is 4.07. The van der Waals surface area contributed by atoms with Gasteiger partial charge in [0.1, 0.15) is 11.4 Å². The van der Waals surface area contributed by atoms with Crippen LogP contribution in [0.3, 0.4) is 0 Å². The standard InChI is InChI=1S/C13H18N4O3/c1-8-6-11(18)10(7-15-8)13(19)17(9-2-3-9)5-4-12(14)16-20/h6-7,9,20H,2-5H2,1H3,(H2,14,16)(H,15,18). The molecule has 1 amide bonds. The van der Waals surface area contributed by atoms with Gasteiger partial charge in [-0.05, 0) is 19.8 Å². The van der Waals surface area contributed by atoms with E-state index >= 15 is 0 Å². The predicted octanol–water partition coefficient (Wildman–Crippen LogP) is 0.424. The Hall–Kier alpha value is -2.31. The first-order valence-electron chi connectivity index (χ1n) is 6.49. The van der Waals surface area contributed by atoms with Crippen molar-refractivity contribution in [2.75, 3.05) is 6.54 Å². The summed E-state index contributed by atoms with van der Waals surface area (Å²) in [5.41, 5.74) is 5.97. The number of aromatic nitrogens is 1. The van der Waals surface area contributed by atoms with Crippen LogP contribution in [0.15, 0.2) is 22.2 Å². The Labute approximate surface area is 116 Å². The number of carbonyl (C=O) groups excluding carboxylic acids is 1. The van der Waals surface area contributed by atoms with Gasteiger partial charge < -0.3 is 20.8 Å². The van der Waals surface area contributed by atoms with E-state index in [0.29, 0.717) is 12.2 Å². The summed E-state index contributed by atoms with van der Waals surface area (Å²) in [5.74, 6) is -0.235. The Balaban J connectivity index is 2.16. The summed E-state index contributed by atoms with van der Waals surface area (Å²) in [7, 11) is 0. The van der Waals surface area contributed by atoms with Crippen LogP contribution in [0.2, 0.25) is 0 Å². The molecule has 1 aromatic heterocycles. The molecule has 1 aliphatic carbocycles. The number of aromatic amines is 1. The number of nitrogens with zero attached hydrogens (tertiary/aromatic N) is 2. The highest BCUT2D eigenvalue weighted by Gasteiger charge is 2.33. The van der Waals surface area contributed by atoms with Crippen LogP contribution in [0.1, 0.15) is 35.3 Å². The molecule has 7 nitrogen and oxygen atoms in total. The minimum absolute atomic E-state index is 0.0706. The van der Waals surface area contributed by atoms with E-state index in [2.05, 4.69) is 10.1 Å². The van der Waals surface area contributed by atoms with Gasteiger partial charge in [0.15, 0.2) is 5.43 Å². The third kappa shape index (κ3) is 3.17. The lowest BCUT2D eigenvalue weighted by molar-refractivity contribution is 0.0745. The molecule has 108 valence electrons. The van der Waals surface area contributed by atoms with E-state index in [1.807, 2.05) is 0 Å². The van der Waals surface area contributed by atoms with Crippen molar-refractivity contribution in [1.29, 1.82) is 0 Å². The zero-order valence-corrected chi connectivity index (χ0v) is 11.3. The number of pyridine rings is 1. The molecule has 0 bridgehead atoms. The van der Waals surface area contributed by atoms with E-state index in [1.165, 1.54) is 12.3 Å². The normalized spacial score (nSPS) is 15.2. The lowest BCUT2D eigenvalue weighted by atomic mass is 10.2. The topological polar surface area (TPSA) is 112 Å². The van der Waals surface area contributed by atoms with E-state index in [4.69, 9.17) is 10.9 Å². The molecule has 1 aromatic rings.